The zero-order valence-corrected chi connectivity index (χ0v) is 24.6. The number of aliphatic hydroxyl groups is 1. The Morgan fingerprint density at radius 3 is 2.21 bits per heavy atom. The second-order valence-electron chi connectivity index (χ2n) is 13.1. The molecule has 2 saturated carbocycles. The first-order valence-corrected chi connectivity index (χ1v) is 15.6. The van der Waals surface area contributed by atoms with Gasteiger partial charge < -0.3 is 19.8 Å². The number of β-amino-alcohol motifs (C(OH)–C–C–N with tert-alkyl or cyclic N) is 1. The molecule has 0 atom stereocenters. The summed E-state index contributed by atoms with van der Waals surface area (Å²) in [5, 5.41) is 11.2. The second-order valence-corrected chi connectivity index (χ2v) is 14.3. The summed E-state index contributed by atoms with van der Waals surface area (Å²) in [5.41, 5.74) is -0.461. The van der Waals surface area contributed by atoms with Crippen LogP contribution in [0.2, 0.25) is 0 Å². The van der Waals surface area contributed by atoms with Crippen LogP contribution < -0.4 is 0 Å². The van der Waals surface area contributed by atoms with E-state index < -0.39 is 11.0 Å². The van der Waals surface area contributed by atoms with Crippen molar-refractivity contribution in [2.45, 2.75) is 75.5 Å². The minimum atomic E-state index is -0.773. The van der Waals surface area contributed by atoms with E-state index >= 15 is 0 Å². The molecule has 1 spiro atoms. The van der Waals surface area contributed by atoms with Crippen LogP contribution in [0.25, 0.3) is 0 Å². The maximum atomic E-state index is 14.0. The molecule has 0 radical (unpaired) electrons. The quantitative estimate of drug-likeness (QED) is 0.564. The highest BCUT2D eigenvalue weighted by Gasteiger charge is 2.57. The summed E-state index contributed by atoms with van der Waals surface area (Å²) in [6.07, 6.45) is 6.21. The Morgan fingerprint density at radius 1 is 1.03 bits per heavy atom. The first kappa shape index (κ1) is 27.8. The number of carbonyl (C=O) groups is 2. The Hall–Kier alpha value is -1.77. The van der Waals surface area contributed by atoms with Crippen molar-refractivity contribution in [3.8, 4) is 0 Å². The maximum absolute atomic E-state index is 14.0. The molecule has 3 amide bonds. The van der Waals surface area contributed by atoms with Gasteiger partial charge in [-0.05, 0) is 78.5 Å². The fraction of sp³-hybridized carbons (Fsp3) is 0.733. The van der Waals surface area contributed by atoms with E-state index in [9.17, 15) is 14.7 Å². The highest BCUT2D eigenvalue weighted by molar-refractivity contribution is 7.99. The number of thioether (sulfide) groups is 1. The molecule has 0 bridgehead atoms. The number of nitrogens with zero attached hydrogens (tertiary/aromatic N) is 4. The van der Waals surface area contributed by atoms with Crippen LogP contribution in [0.4, 0.5) is 4.79 Å². The molecule has 2 saturated heterocycles. The number of rotatable bonds is 7. The predicted octanol–water partition coefficient (Wildman–Crippen LogP) is 4.01. The van der Waals surface area contributed by atoms with Crippen LogP contribution in [0, 0.1) is 5.41 Å². The molecule has 38 heavy (non-hydrogen) atoms. The lowest BCUT2D eigenvalue weighted by molar-refractivity contribution is -0.140. The summed E-state index contributed by atoms with van der Waals surface area (Å²) >= 11 is 1.90. The smallest absolute Gasteiger partial charge is 0.320 e. The number of hydrogen-bond acceptors (Lipinski definition) is 5. The average Bonchev–Trinajstić information content (AvgIpc) is 3.13. The normalized spacial score (nSPS) is 29.7. The zero-order valence-electron chi connectivity index (χ0n) is 23.7. The van der Waals surface area contributed by atoms with Gasteiger partial charge in [-0.15, -0.1) is 0 Å². The third-order valence-electron chi connectivity index (χ3n) is 9.93. The van der Waals surface area contributed by atoms with Gasteiger partial charge in [0.2, 0.25) is 5.91 Å². The molecule has 8 heteroatoms. The molecule has 2 aliphatic carbocycles. The molecule has 4 aliphatic rings. The van der Waals surface area contributed by atoms with Crippen molar-refractivity contribution in [3.63, 3.8) is 0 Å². The fourth-order valence-electron chi connectivity index (χ4n) is 7.32. The van der Waals surface area contributed by atoms with Crippen LogP contribution >= 0.6 is 11.8 Å². The van der Waals surface area contributed by atoms with E-state index in [1.165, 1.54) is 5.56 Å². The third-order valence-corrected chi connectivity index (χ3v) is 10.9. The molecule has 7 nitrogen and oxygen atoms in total. The highest BCUT2D eigenvalue weighted by atomic mass is 32.2. The summed E-state index contributed by atoms with van der Waals surface area (Å²) in [6, 6.07) is 10.8. The van der Waals surface area contributed by atoms with Gasteiger partial charge in [0.1, 0.15) is 0 Å². The number of hydrogen-bond donors (Lipinski definition) is 1. The van der Waals surface area contributed by atoms with Crippen molar-refractivity contribution < 1.29 is 14.7 Å². The van der Waals surface area contributed by atoms with Gasteiger partial charge in [0.25, 0.3) is 0 Å². The average molecular weight is 543 g/mol. The van der Waals surface area contributed by atoms with Gasteiger partial charge in [0.05, 0.1) is 23.1 Å². The third kappa shape index (κ3) is 4.97. The summed E-state index contributed by atoms with van der Waals surface area (Å²) in [7, 11) is 4.33. The van der Waals surface area contributed by atoms with Gasteiger partial charge in [-0.25, -0.2) is 4.79 Å². The van der Waals surface area contributed by atoms with E-state index in [0.29, 0.717) is 19.6 Å². The summed E-state index contributed by atoms with van der Waals surface area (Å²) in [6.45, 7) is 7.01. The molecule has 1 aromatic carbocycles. The number of urea groups is 1. The number of benzene rings is 1. The van der Waals surface area contributed by atoms with Crippen molar-refractivity contribution in [2.24, 2.45) is 5.41 Å². The van der Waals surface area contributed by atoms with E-state index in [0.717, 1.165) is 69.5 Å². The van der Waals surface area contributed by atoms with Crippen molar-refractivity contribution in [1.29, 1.82) is 0 Å². The molecule has 2 aliphatic heterocycles. The van der Waals surface area contributed by atoms with Crippen LogP contribution in [0.3, 0.4) is 0 Å². The Labute approximate surface area is 232 Å². The van der Waals surface area contributed by atoms with Crippen LogP contribution in [0.5, 0.6) is 0 Å². The lowest BCUT2D eigenvalue weighted by Crippen LogP contribution is -2.59. The number of carbonyl (C=O) groups excluding carboxylic acids is 2. The molecule has 1 aromatic rings. The van der Waals surface area contributed by atoms with Gasteiger partial charge in [-0.2, -0.15) is 11.8 Å². The molecule has 1 N–H and O–H groups in total. The monoisotopic (exact) mass is 542 g/mol. The summed E-state index contributed by atoms with van der Waals surface area (Å²) in [5.74, 6) is 2.11. The maximum Gasteiger partial charge on any atom is 0.320 e. The van der Waals surface area contributed by atoms with E-state index in [4.69, 9.17) is 0 Å². The SMILES string of the molecule is CN(C)[C@]1(c2ccccc2)CC[C@@]2(CC1)CN(CC(C)(C)C(=O)N1CCSCC1)C(=O)N2CC1(O)CCC1. The highest BCUT2D eigenvalue weighted by Crippen LogP contribution is 2.50. The first-order chi connectivity index (χ1) is 18.0. The lowest BCUT2D eigenvalue weighted by Gasteiger charge is -2.52. The van der Waals surface area contributed by atoms with Gasteiger partial charge in [0.15, 0.2) is 0 Å². The van der Waals surface area contributed by atoms with Crippen LogP contribution in [-0.2, 0) is 10.3 Å². The minimum absolute atomic E-state index is 0.00235. The molecular formula is C30H46N4O3S. The van der Waals surface area contributed by atoms with Crippen LogP contribution in [0.15, 0.2) is 30.3 Å². The lowest BCUT2D eigenvalue weighted by atomic mass is 9.67. The first-order valence-electron chi connectivity index (χ1n) is 14.4. The molecule has 210 valence electrons. The van der Waals surface area contributed by atoms with E-state index in [2.05, 4.69) is 49.3 Å². The van der Waals surface area contributed by atoms with Gasteiger partial charge in [-0.3, -0.25) is 9.69 Å². The Bertz CT molecular complexity index is 1010. The van der Waals surface area contributed by atoms with E-state index in [1.54, 1.807) is 0 Å². The molecule has 5 rings (SSSR count). The van der Waals surface area contributed by atoms with Gasteiger partial charge in [-0.1, -0.05) is 30.3 Å². The Morgan fingerprint density at radius 2 is 1.66 bits per heavy atom. The van der Waals surface area contributed by atoms with E-state index in [1.807, 2.05) is 40.3 Å². The molecule has 2 heterocycles. The molecular weight excluding hydrogens is 496 g/mol. The predicted molar refractivity (Wildman–Crippen MR) is 153 cm³/mol. The van der Waals surface area contributed by atoms with Gasteiger partial charge in [0, 0.05) is 43.2 Å². The van der Waals surface area contributed by atoms with Crippen molar-refractivity contribution >= 4 is 23.7 Å². The van der Waals surface area contributed by atoms with E-state index in [-0.39, 0.29) is 23.0 Å². The topological polar surface area (TPSA) is 67.3 Å². The largest absolute Gasteiger partial charge is 0.388 e. The summed E-state index contributed by atoms with van der Waals surface area (Å²) in [4.78, 5) is 35.8. The van der Waals surface area contributed by atoms with Crippen molar-refractivity contribution in [2.75, 3.05) is 58.3 Å². The minimum Gasteiger partial charge on any atom is -0.388 e. The molecule has 0 aromatic heterocycles. The van der Waals surface area contributed by atoms with Crippen LogP contribution in [-0.4, -0.2) is 106 Å². The van der Waals surface area contributed by atoms with Crippen molar-refractivity contribution in [1.82, 2.24) is 19.6 Å². The Kier molecular flexibility index (Phi) is 7.55. The Balaban J connectivity index is 1.38. The fourth-order valence-corrected chi connectivity index (χ4v) is 8.22. The van der Waals surface area contributed by atoms with Gasteiger partial charge >= 0.3 is 6.03 Å². The van der Waals surface area contributed by atoms with Crippen molar-refractivity contribution in [3.05, 3.63) is 35.9 Å². The second kappa shape index (κ2) is 10.3. The molecule has 4 fully saturated rings. The summed E-state index contributed by atoms with van der Waals surface area (Å²) < 4.78 is 0. The zero-order chi connectivity index (χ0) is 27.2. The standard InChI is InChI=1S/C30H46N4O3S/c1-27(2,25(35)32-17-19-38-20-18-32)21-33-22-28(34(26(33)36)23-29(37)11-8-12-29)13-15-30(16-14-28,31(3)4)24-9-6-5-7-10-24/h5-7,9-10,37H,8,11-23H2,1-4H3/t28-,30-. The van der Waals surface area contributed by atoms with Crippen LogP contribution in [0.1, 0.15) is 64.4 Å². The molecule has 0 unspecified atom stereocenters. The number of amides is 3.